The van der Waals surface area contributed by atoms with Crippen LogP contribution in [0.5, 0.6) is 17.2 Å². The Kier molecular flexibility index (Phi) is 8.50. The van der Waals surface area contributed by atoms with E-state index in [0.29, 0.717) is 35.1 Å². The number of anilines is 1. The number of carbonyl (C=O) groups is 2. The molecule has 0 aromatic heterocycles. The number of amides is 2. The van der Waals surface area contributed by atoms with Crippen LogP contribution in [0.3, 0.4) is 0 Å². The fourth-order valence-corrected chi connectivity index (χ4v) is 2.31. The van der Waals surface area contributed by atoms with Crippen molar-refractivity contribution in [1.82, 2.24) is 5.43 Å². The first-order valence-electron chi connectivity index (χ1n) is 9.16. The van der Waals surface area contributed by atoms with E-state index >= 15 is 0 Å². The van der Waals surface area contributed by atoms with E-state index < -0.39 is 11.8 Å². The summed E-state index contributed by atoms with van der Waals surface area (Å²) >= 11 is 0. The van der Waals surface area contributed by atoms with Gasteiger partial charge in [0.1, 0.15) is 5.75 Å². The lowest BCUT2D eigenvalue weighted by Gasteiger charge is -2.08. The van der Waals surface area contributed by atoms with E-state index in [0.717, 1.165) is 12.8 Å². The number of nitrogens with zero attached hydrogens (tertiary/aromatic N) is 1. The smallest absolute Gasteiger partial charge is 0.329 e. The summed E-state index contributed by atoms with van der Waals surface area (Å²) in [6.45, 7) is 2.73. The number of hydrazone groups is 1. The molecule has 0 aliphatic rings. The summed E-state index contributed by atoms with van der Waals surface area (Å²) in [6, 6.07) is 11.9. The Morgan fingerprint density at radius 1 is 1.00 bits per heavy atom. The molecule has 2 N–H and O–H groups in total. The number of unbranched alkanes of at least 4 members (excludes halogenated alkanes) is 1. The molecule has 0 radical (unpaired) electrons. The highest BCUT2D eigenvalue weighted by atomic mass is 16.5. The number of hydrogen-bond acceptors (Lipinski definition) is 6. The third-order valence-electron chi connectivity index (χ3n) is 3.87. The van der Waals surface area contributed by atoms with Crippen LogP contribution in [0, 0.1) is 0 Å². The van der Waals surface area contributed by atoms with Crippen LogP contribution in [0.4, 0.5) is 5.69 Å². The van der Waals surface area contributed by atoms with Crippen molar-refractivity contribution >= 4 is 23.7 Å². The quantitative estimate of drug-likeness (QED) is 0.292. The Hall–Kier alpha value is -3.55. The molecule has 0 aliphatic heterocycles. The molecule has 0 spiro atoms. The van der Waals surface area contributed by atoms with E-state index in [-0.39, 0.29) is 0 Å². The Morgan fingerprint density at radius 2 is 1.72 bits per heavy atom. The number of methoxy groups -OCH3 is 2. The van der Waals surface area contributed by atoms with Gasteiger partial charge in [0.05, 0.1) is 27.0 Å². The summed E-state index contributed by atoms with van der Waals surface area (Å²) in [7, 11) is 3.06. The van der Waals surface area contributed by atoms with Gasteiger partial charge in [0.25, 0.3) is 0 Å². The Labute approximate surface area is 169 Å². The van der Waals surface area contributed by atoms with Gasteiger partial charge in [-0.2, -0.15) is 5.10 Å². The van der Waals surface area contributed by atoms with E-state index in [1.54, 1.807) is 42.5 Å². The lowest BCUT2D eigenvalue weighted by atomic mass is 10.2. The van der Waals surface area contributed by atoms with Gasteiger partial charge in [0, 0.05) is 5.69 Å². The molecule has 0 saturated heterocycles. The van der Waals surface area contributed by atoms with E-state index in [1.165, 1.54) is 20.4 Å². The topological polar surface area (TPSA) is 98.2 Å². The summed E-state index contributed by atoms with van der Waals surface area (Å²) in [5.74, 6) is 0.108. The van der Waals surface area contributed by atoms with Crippen LogP contribution in [0.2, 0.25) is 0 Å². The normalized spacial score (nSPS) is 10.4. The fourth-order valence-electron chi connectivity index (χ4n) is 2.31. The van der Waals surface area contributed by atoms with Crippen LogP contribution in [0.15, 0.2) is 47.6 Å². The molecule has 0 heterocycles. The first kappa shape index (κ1) is 21.7. The van der Waals surface area contributed by atoms with Crippen LogP contribution in [0.25, 0.3) is 0 Å². The van der Waals surface area contributed by atoms with Crippen molar-refractivity contribution in [2.75, 3.05) is 26.1 Å². The zero-order chi connectivity index (χ0) is 21.1. The Bertz CT molecular complexity index is 850. The van der Waals surface area contributed by atoms with Crippen molar-refractivity contribution in [2.45, 2.75) is 19.8 Å². The standard InChI is InChI=1S/C21H25N3O5/c1-4-5-12-29-17-9-7-16(8-10-17)23-20(25)21(26)24-22-14-15-6-11-18(27-2)19(13-15)28-3/h6-11,13-14H,4-5,12H2,1-3H3,(H,23,25)(H,24,26)/b22-14-. The molecule has 0 fully saturated rings. The van der Waals surface area contributed by atoms with Crippen LogP contribution in [-0.2, 0) is 9.59 Å². The van der Waals surface area contributed by atoms with Gasteiger partial charge in [-0.05, 0) is 54.4 Å². The molecule has 0 unspecified atom stereocenters. The van der Waals surface area contributed by atoms with Gasteiger partial charge in [0.15, 0.2) is 11.5 Å². The van der Waals surface area contributed by atoms with Crippen molar-refractivity contribution in [3.63, 3.8) is 0 Å². The lowest BCUT2D eigenvalue weighted by molar-refractivity contribution is -0.136. The number of benzene rings is 2. The molecule has 2 aromatic rings. The van der Waals surface area contributed by atoms with Gasteiger partial charge in [0.2, 0.25) is 0 Å². The van der Waals surface area contributed by atoms with Gasteiger partial charge in [-0.1, -0.05) is 13.3 Å². The summed E-state index contributed by atoms with van der Waals surface area (Å²) in [4.78, 5) is 23.9. The van der Waals surface area contributed by atoms with E-state index in [2.05, 4.69) is 22.8 Å². The number of nitrogens with one attached hydrogen (secondary N) is 2. The Morgan fingerprint density at radius 3 is 2.38 bits per heavy atom. The fraction of sp³-hybridized carbons (Fsp3) is 0.286. The molecule has 2 rings (SSSR count). The van der Waals surface area contributed by atoms with E-state index in [9.17, 15) is 9.59 Å². The zero-order valence-electron chi connectivity index (χ0n) is 16.7. The number of rotatable bonds is 9. The van der Waals surface area contributed by atoms with Gasteiger partial charge < -0.3 is 19.5 Å². The van der Waals surface area contributed by atoms with Crippen LogP contribution in [-0.4, -0.2) is 38.9 Å². The maximum absolute atomic E-state index is 12.0. The van der Waals surface area contributed by atoms with E-state index in [4.69, 9.17) is 14.2 Å². The molecule has 0 aliphatic carbocycles. The number of carbonyl (C=O) groups excluding carboxylic acids is 2. The molecule has 0 saturated carbocycles. The SMILES string of the molecule is CCCCOc1ccc(NC(=O)C(=O)N/N=C\c2ccc(OC)c(OC)c2)cc1. The third kappa shape index (κ3) is 6.84. The summed E-state index contributed by atoms with van der Waals surface area (Å²) in [5, 5.41) is 6.29. The molecule has 8 heteroatoms. The average Bonchev–Trinajstić information content (AvgIpc) is 2.74. The number of hydrogen-bond donors (Lipinski definition) is 2. The summed E-state index contributed by atoms with van der Waals surface area (Å²) in [5.41, 5.74) is 3.34. The van der Waals surface area contributed by atoms with Crippen molar-refractivity contribution < 1.29 is 23.8 Å². The predicted octanol–water partition coefficient (Wildman–Crippen LogP) is 2.97. The van der Waals surface area contributed by atoms with Gasteiger partial charge in [-0.3, -0.25) is 9.59 Å². The van der Waals surface area contributed by atoms with Crippen molar-refractivity contribution in [3.8, 4) is 17.2 Å². The second-order valence-electron chi connectivity index (χ2n) is 5.99. The predicted molar refractivity (Wildman–Crippen MR) is 111 cm³/mol. The largest absolute Gasteiger partial charge is 0.494 e. The van der Waals surface area contributed by atoms with E-state index in [1.807, 2.05) is 0 Å². The second-order valence-corrected chi connectivity index (χ2v) is 5.99. The molecule has 154 valence electrons. The molecular formula is C21H25N3O5. The van der Waals surface area contributed by atoms with Gasteiger partial charge in [-0.15, -0.1) is 0 Å². The third-order valence-corrected chi connectivity index (χ3v) is 3.87. The van der Waals surface area contributed by atoms with Crippen molar-refractivity contribution in [3.05, 3.63) is 48.0 Å². The van der Waals surface area contributed by atoms with Crippen LogP contribution in [0.1, 0.15) is 25.3 Å². The van der Waals surface area contributed by atoms with Crippen molar-refractivity contribution in [1.29, 1.82) is 0 Å². The highest BCUT2D eigenvalue weighted by Crippen LogP contribution is 2.26. The zero-order valence-corrected chi connectivity index (χ0v) is 16.7. The molecule has 2 amide bonds. The van der Waals surface area contributed by atoms with Crippen LogP contribution >= 0.6 is 0 Å². The first-order valence-corrected chi connectivity index (χ1v) is 9.16. The molecule has 0 bridgehead atoms. The lowest BCUT2D eigenvalue weighted by Crippen LogP contribution is -2.32. The average molecular weight is 399 g/mol. The Balaban J connectivity index is 1.86. The molecule has 8 nitrogen and oxygen atoms in total. The highest BCUT2D eigenvalue weighted by Gasteiger charge is 2.13. The highest BCUT2D eigenvalue weighted by molar-refractivity contribution is 6.39. The molecular weight excluding hydrogens is 374 g/mol. The maximum Gasteiger partial charge on any atom is 0.329 e. The summed E-state index contributed by atoms with van der Waals surface area (Å²) in [6.07, 6.45) is 3.43. The maximum atomic E-state index is 12.0. The minimum atomic E-state index is -0.884. The van der Waals surface area contributed by atoms with Gasteiger partial charge >= 0.3 is 11.8 Å². The molecule has 2 aromatic carbocycles. The summed E-state index contributed by atoms with van der Waals surface area (Å²) < 4.78 is 15.9. The second kappa shape index (κ2) is 11.3. The van der Waals surface area contributed by atoms with Crippen LogP contribution < -0.4 is 25.0 Å². The number of ether oxygens (including phenoxy) is 3. The van der Waals surface area contributed by atoms with Gasteiger partial charge in [-0.25, -0.2) is 5.43 Å². The van der Waals surface area contributed by atoms with Crippen molar-refractivity contribution in [2.24, 2.45) is 5.10 Å². The molecule has 0 atom stereocenters. The first-order chi connectivity index (χ1) is 14.1. The monoisotopic (exact) mass is 399 g/mol. The minimum Gasteiger partial charge on any atom is -0.494 e. The minimum absolute atomic E-state index is 0.483. The molecule has 29 heavy (non-hydrogen) atoms.